The van der Waals surface area contributed by atoms with E-state index in [-0.39, 0.29) is 5.25 Å². The molecule has 1 aromatic carbocycles. The Hall–Kier alpha value is -0.760. The Kier molecular flexibility index (Phi) is 3.15. The Balaban J connectivity index is 2.35. The maximum Gasteiger partial charge on any atom is 0.152 e. The predicted molar refractivity (Wildman–Crippen MR) is 65.6 cm³/mol. The van der Waals surface area contributed by atoms with Gasteiger partial charge in [-0.1, -0.05) is 23.4 Å². The summed E-state index contributed by atoms with van der Waals surface area (Å²) < 4.78 is 2.02. The monoisotopic (exact) mass is 254 g/mol. The molecule has 1 unspecified atom stereocenters. The first-order chi connectivity index (χ1) is 7.19. The van der Waals surface area contributed by atoms with Crippen molar-refractivity contribution < 1.29 is 0 Å². The lowest BCUT2D eigenvalue weighted by Gasteiger charge is -1.94. The van der Waals surface area contributed by atoms with Gasteiger partial charge in [-0.3, -0.25) is 0 Å². The van der Waals surface area contributed by atoms with Gasteiger partial charge in [-0.2, -0.15) is 5.26 Å². The molecule has 0 bridgehead atoms. The molecular formula is C10H7ClN2S2. The highest BCUT2D eigenvalue weighted by molar-refractivity contribution is 8.01. The normalized spacial score (nSPS) is 12.6. The lowest BCUT2D eigenvalue weighted by molar-refractivity contribution is 1.21. The van der Waals surface area contributed by atoms with Gasteiger partial charge >= 0.3 is 0 Å². The fourth-order valence-electron chi connectivity index (χ4n) is 1.11. The molecule has 0 aliphatic rings. The van der Waals surface area contributed by atoms with Crippen LogP contribution in [0.3, 0.4) is 0 Å². The highest BCUT2D eigenvalue weighted by Gasteiger charge is 2.08. The molecule has 2 aromatic rings. The summed E-state index contributed by atoms with van der Waals surface area (Å²) in [5, 5.41) is 9.32. The Morgan fingerprint density at radius 1 is 1.60 bits per heavy atom. The third-order valence-corrected chi connectivity index (χ3v) is 4.15. The van der Waals surface area contributed by atoms with Crippen molar-refractivity contribution >= 4 is 44.9 Å². The number of hydrogen-bond acceptors (Lipinski definition) is 4. The molecule has 2 rings (SSSR count). The van der Waals surface area contributed by atoms with E-state index in [9.17, 15) is 0 Å². The number of thiazole rings is 1. The van der Waals surface area contributed by atoms with Gasteiger partial charge in [-0.25, -0.2) is 4.98 Å². The van der Waals surface area contributed by atoms with Crippen molar-refractivity contribution in [1.82, 2.24) is 4.98 Å². The maximum atomic E-state index is 8.70. The lowest BCUT2D eigenvalue weighted by Crippen LogP contribution is -1.87. The molecule has 0 amide bonds. The number of benzene rings is 1. The van der Waals surface area contributed by atoms with Gasteiger partial charge < -0.3 is 0 Å². The van der Waals surface area contributed by atoms with Crippen LogP contribution < -0.4 is 0 Å². The number of fused-ring (bicyclic) bond motifs is 1. The van der Waals surface area contributed by atoms with Crippen LogP contribution in [0.1, 0.15) is 6.92 Å². The molecule has 0 fully saturated rings. The zero-order valence-corrected chi connectivity index (χ0v) is 10.3. The minimum atomic E-state index is -0.0685. The molecule has 1 heterocycles. The van der Waals surface area contributed by atoms with Gasteiger partial charge in [0.25, 0.3) is 0 Å². The number of hydrogen-bond donors (Lipinski definition) is 0. The molecule has 1 aromatic heterocycles. The van der Waals surface area contributed by atoms with Crippen LogP contribution in [0.15, 0.2) is 22.5 Å². The Bertz CT molecular complexity index is 530. The summed E-state index contributed by atoms with van der Waals surface area (Å²) in [5.74, 6) is 0. The number of thioether (sulfide) groups is 1. The quantitative estimate of drug-likeness (QED) is 0.762. The molecule has 0 radical (unpaired) electrons. The van der Waals surface area contributed by atoms with Crippen LogP contribution in [-0.2, 0) is 0 Å². The van der Waals surface area contributed by atoms with Crippen molar-refractivity contribution in [3.05, 3.63) is 23.2 Å². The highest BCUT2D eigenvalue weighted by Crippen LogP contribution is 2.32. The van der Waals surface area contributed by atoms with Crippen LogP contribution in [0.25, 0.3) is 10.2 Å². The molecule has 2 nitrogen and oxygen atoms in total. The smallest absolute Gasteiger partial charge is 0.152 e. The first kappa shape index (κ1) is 10.7. The van der Waals surface area contributed by atoms with Crippen LogP contribution in [0.2, 0.25) is 5.02 Å². The van der Waals surface area contributed by atoms with Gasteiger partial charge in [0, 0.05) is 5.02 Å². The van der Waals surface area contributed by atoms with E-state index in [1.807, 2.05) is 25.1 Å². The molecule has 0 spiro atoms. The minimum Gasteiger partial charge on any atom is -0.230 e. The number of rotatable bonds is 2. The largest absolute Gasteiger partial charge is 0.230 e. The number of nitrogens with zero attached hydrogens (tertiary/aromatic N) is 2. The number of nitriles is 1. The first-order valence-electron chi connectivity index (χ1n) is 4.31. The molecule has 76 valence electrons. The average molecular weight is 255 g/mol. The van der Waals surface area contributed by atoms with E-state index in [1.54, 1.807) is 11.3 Å². The molecule has 0 aliphatic heterocycles. The second-order valence-electron chi connectivity index (χ2n) is 2.98. The van der Waals surface area contributed by atoms with Gasteiger partial charge in [0.1, 0.15) is 0 Å². The van der Waals surface area contributed by atoms with Crippen LogP contribution in [0, 0.1) is 11.3 Å². The van der Waals surface area contributed by atoms with Gasteiger partial charge in [0.2, 0.25) is 0 Å². The van der Waals surface area contributed by atoms with Crippen molar-refractivity contribution in [3.8, 4) is 6.07 Å². The molecule has 0 N–H and O–H groups in total. The summed E-state index contributed by atoms with van der Waals surface area (Å²) >= 11 is 8.94. The molecule has 0 aliphatic carbocycles. The number of aromatic nitrogens is 1. The molecular weight excluding hydrogens is 248 g/mol. The van der Waals surface area contributed by atoms with Crippen molar-refractivity contribution in [3.63, 3.8) is 0 Å². The Morgan fingerprint density at radius 3 is 3.13 bits per heavy atom. The van der Waals surface area contributed by atoms with Crippen molar-refractivity contribution in [2.75, 3.05) is 0 Å². The van der Waals surface area contributed by atoms with Crippen LogP contribution in [-0.4, -0.2) is 10.2 Å². The molecule has 15 heavy (non-hydrogen) atoms. The van der Waals surface area contributed by atoms with E-state index in [4.69, 9.17) is 16.9 Å². The third kappa shape index (κ3) is 2.43. The third-order valence-electron chi connectivity index (χ3n) is 1.79. The summed E-state index contributed by atoms with van der Waals surface area (Å²) in [7, 11) is 0. The van der Waals surface area contributed by atoms with Crippen LogP contribution in [0.5, 0.6) is 0 Å². The second kappa shape index (κ2) is 4.40. The van der Waals surface area contributed by atoms with Crippen LogP contribution in [0.4, 0.5) is 0 Å². The Labute approximate surface area is 101 Å². The van der Waals surface area contributed by atoms with Gasteiger partial charge in [-0.05, 0) is 25.1 Å². The molecule has 5 heteroatoms. The predicted octanol–water partition coefficient (Wildman–Crippen LogP) is 3.95. The molecule has 0 saturated heterocycles. The second-order valence-corrected chi connectivity index (χ2v) is 6.04. The van der Waals surface area contributed by atoms with Crippen LogP contribution >= 0.6 is 34.7 Å². The standard InChI is InChI=1S/C10H7ClN2S2/c1-6(5-12)14-10-13-8-4-7(11)2-3-9(8)15-10/h2-4,6H,1H3. The lowest BCUT2D eigenvalue weighted by atomic mass is 10.3. The summed E-state index contributed by atoms with van der Waals surface area (Å²) in [6.45, 7) is 1.86. The van der Waals surface area contributed by atoms with E-state index < -0.39 is 0 Å². The summed E-state index contributed by atoms with van der Waals surface area (Å²) in [6, 6.07) is 7.82. The zero-order valence-electron chi connectivity index (χ0n) is 7.90. The average Bonchev–Trinajstić information content (AvgIpc) is 2.59. The summed E-state index contributed by atoms with van der Waals surface area (Å²) in [6.07, 6.45) is 0. The molecule has 1 atom stereocenters. The zero-order chi connectivity index (χ0) is 10.8. The van der Waals surface area contributed by atoms with E-state index >= 15 is 0 Å². The van der Waals surface area contributed by atoms with Gasteiger partial charge in [-0.15, -0.1) is 11.3 Å². The van der Waals surface area contributed by atoms with E-state index in [1.165, 1.54) is 11.8 Å². The maximum absolute atomic E-state index is 8.70. The summed E-state index contributed by atoms with van der Waals surface area (Å²) in [5.41, 5.74) is 0.903. The van der Waals surface area contributed by atoms with E-state index in [0.717, 1.165) is 14.6 Å². The SMILES string of the molecule is CC(C#N)Sc1nc2cc(Cl)ccc2s1. The van der Waals surface area contributed by atoms with Gasteiger partial charge in [0.15, 0.2) is 4.34 Å². The highest BCUT2D eigenvalue weighted by atomic mass is 35.5. The molecule has 0 saturated carbocycles. The number of halogens is 1. The summed E-state index contributed by atoms with van der Waals surface area (Å²) in [4.78, 5) is 4.41. The topological polar surface area (TPSA) is 36.7 Å². The minimum absolute atomic E-state index is 0.0685. The Morgan fingerprint density at radius 2 is 2.40 bits per heavy atom. The van der Waals surface area contributed by atoms with Gasteiger partial charge in [0.05, 0.1) is 21.5 Å². The van der Waals surface area contributed by atoms with Crippen molar-refractivity contribution in [2.45, 2.75) is 16.5 Å². The fraction of sp³-hybridized carbons (Fsp3) is 0.200. The fourth-order valence-corrected chi connectivity index (χ4v) is 3.35. The van der Waals surface area contributed by atoms with Crippen molar-refractivity contribution in [1.29, 1.82) is 5.26 Å². The van der Waals surface area contributed by atoms with E-state index in [2.05, 4.69) is 11.1 Å². The van der Waals surface area contributed by atoms with Crippen molar-refractivity contribution in [2.24, 2.45) is 0 Å². The van der Waals surface area contributed by atoms with E-state index in [0.29, 0.717) is 5.02 Å². The first-order valence-corrected chi connectivity index (χ1v) is 6.39.